The summed E-state index contributed by atoms with van der Waals surface area (Å²) in [5.41, 5.74) is 2.68. The molecule has 0 radical (unpaired) electrons. The lowest BCUT2D eigenvalue weighted by molar-refractivity contribution is -0.151. The molecule has 0 amide bonds. The molecule has 2 aromatic heterocycles. The Bertz CT molecular complexity index is 1190. The van der Waals surface area contributed by atoms with E-state index in [0.717, 1.165) is 68.4 Å². The highest BCUT2D eigenvalue weighted by molar-refractivity contribution is 6.30. The quantitative estimate of drug-likeness (QED) is 0.267. The molecule has 35 heavy (non-hydrogen) atoms. The van der Waals surface area contributed by atoms with E-state index in [2.05, 4.69) is 11.5 Å². The van der Waals surface area contributed by atoms with Crippen molar-refractivity contribution in [3.63, 3.8) is 0 Å². The van der Waals surface area contributed by atoms with E-state index < -0.39 is 0 Å². The smallest absolute Gasteiger partial charge is 0.332 e. The van der Waals surface area contributed by atoms with Crippen molar-refractivity contribution in [2.75, 3.05) is 13.2 Å². The van der Waals surface area contributed by atoms with Gasteiger partial charge in [-0.15, -0.1) is 0 Å². The molecule has 188 valence electrons. The Morgan fingerprint density at radius 1 is 1.11 bits per heavy atom. The number of ether oxygens (including phenoxy) is 2. The van der Waals surface area contributed by atoms with Crippen molar-refractivity contribution in [3.05, 3.63) is 57.6 Å². The Morgan fingerprint density at radius 2 is 1.86 bits per heavy atom. The summed E-state index contributed by atoms with van der Waals surface area (Å²) in [4.78, 5) is 29.7. The number of aryl methyl sites for hydroxylation is 1. The maximum Gasteiger partial charge on any atom is 0.332 e. The van der Waals surface area contributed by atoms with E-state index in [1.807, 2.05) is 30.5 Å². The van der Waals surface area contributed by atoms with Crippen molar-refractivity contribution in [2.24, 2.45) is 0 Å². The van der Waals surface area contributed by atoms with Gasteiger partial charge in [-0.25, -0.2) is 9.78 Å². The molecule has 0 saturated heterocycles. The second-order valence-corrected chi connectivity index (χ2v) is 9.60. The SMILES string of the molecule is CCCCCn1c(-c2ccc(Cl)cc2)cc(=O)n2cc(C3CCC(OCC(=O)OCC)CC3)nc12. The number of rotatable bonds is 10. The Hall–Kier alpha value is -2.64. The molecular weight excluding hydrogens is 466 g/mol. The molecule has 1 aliphatic rings. The number of benzene rings is 1. The van der Waals surface area contributed by atoms with E-state index >= 15 is 0 Å². The molecule has 0 bridgehead atoms. The Labute approximate surface area is 211 Å². The summed E-state index contributed by atoms with van der Waals surface area (Å²) in [5, 5.41) is 0.666. The number of unbranched alkanes of at least 4 members (excludes halogenated alkanes) is 2. The maximum absolute atomic E-state index is 13.1. The number of aromatic nitrogens is 3. The highest BCUT2D eigenvalue weighted by Gasteiger charge is 2.26. The lowest BCUT2D eigenvalue weighted by atomic mass is 9.85. The van der Waals surface area contributed by atoms with Gasteiger partial charge in [0, 0.05) is 29.7 Å². The van der Waals surface area contributed by atoms with Gasteiger partial charge in [0.25, 0.3) is 5.56 Å². The van der Waals surface area contributed by atoms with Crippen LogP contribution in [0.15, 0.2) is 41.3 Å². The molecule has 8 heteroatoms. The zero-order valence-electron chi connectivity index (χ0n) is 20.5. The van der Waals surface area contributed by atoms with Gasteiger partial charge in [-0.3, -0.25) is 9.20 Å². The van der Waals surface area contributed by atoms with E-state index in [1.54, 1.807) is 17.4 Å². The summed E-state index contributed by atoms with van der Waals surface area (Å²) < 4.78 is 14.5. The lowest BCUT2D eigenvalue weighted by Gasteiger charge is -2.27. The number of carbonyl (C=O) groups excluding carboxylic acids is 1. The second kappa shape index (κ2) is 11.9. The molecule has 1 fully saturated rings. The number of carbonyl (C=O) groups is 1. The maximum atomic E-state index is 13.1. The fraction of sp³-hybridized carbons (Fsp3) is 0.519. The minimum Gasteiger partial charge on any atom is -0.464 e. The third-order valence-electron chi connectivity index (χ3n) is 6.70. The van der Waals surface area contributed by atoms with Crippen LogP contribution in [0.25, 0.3) is 17.0 Å². The van der Waals surface area contributed by atoms with Gasteiger partial charge in [0.2, 0.25) is 5.78 Å². The fourth-order valence-electron chi connectivity index (χ4n) is 4.82. The summed E-state index contributed by atoms with van der Waals surface area (Å²) in [7, 11) is 0. The Balaban J connectivity index is 1.57. The van der Waals surface area contributed by atoms with Crippen molar-refractivity contribution in [1.29, 1.82) is 0 Å². The normalized spacial score (nSPS) is 18.1. The van der Waals surface area contributed by atoms with Crippen LogP contribution in [0.3, 0.4) is 0 Å². The summed E-state index contributed by atoms with van der Waals surface area (Å²) in [6.07, 6.45) is 8.74. The van der Waals surface area contributed by atoms with Crippen molar-refractivity contribution in [3.8, 4) is 11.3 Å². The number of imidazole rings is 1. The van der Waals surface area contributed by atoms with E-state index in [9.17, 15) is 9.59 Å². The first-order valence-electron chi connectivity index (χ1n) is 12.7. The minimum absolute atomic E-state index is 0.00230. The molecule has 0 unspecified atom stereocenters. The van der Waals surface area contributed by atoms with Crippen molar-refractivity contribution in [1.82, 2.24) is 14.0 Å². The summed E-state index contributed by atoms with van der Waals surface area (Å²) in [6, 6.07) is 9.30. The molecule has 0 aliphatic heterocycles. The van der Waals surface area contributed by atoms with Gasteiger partial charge < -0.3 is 14.0 Å². The van der Waals surface area contributed by atoms with Crippen LogP contribution in [0.4, 0.5) is 0 Å². The van der Waals surface area contributed by atoms with Crippen LogP contribution in [0.1, 0.15) is 70.4 Å². The van der Waals surface area contributed by atoms with Crippen LogP contribution in [-0.2, 0) is 20.8 Å². The van der Waals surface area contributed by atoms with Gasteiger partial charge in [-0.05, 0) is 56.7 Å². The fourth-order valence-corrected chi connectivity index (χ4v) is 4.95. The molecule has 3 aromatic rings. The molecule has 1 aromatic carbocycles. The standard InChI is InChI=1S/C27H34ClN3O4/c1-3-5-6-15-30-24(20-7-11-21(28)12-8-20)16-25(32)31-17-23(29-27(30)31)19-9-13-22(14-10-19)35-18-26(33)34-4-2/h7-8,11-12,16-17,19,22H,3-6,9-10,13-15,18H2,1-2H3. The van der Waals surface area contributed by atoms with Gasteiger partial charge in [-0.2, -0.15) is 0 Å². The first-order valence-corrected chi connectivity index (χ1v) is 13.0. The number of hydrogen-bond donors (Lipinski definition) is 0. The van der Waals surface area contributed by atoms with Crippen LogP contribution >= 0.6 is 11.6 Å². The Morgan fingerprint density at radius 3 is 2.54 bits per heavy atom. The summed E-state index contributed by atoms with van der Waals surface area (Å²) in [5.74, 6) is 0.635. The molecular formula is C27H34ClN3O4. The average molecular weight is 500 g/mol. The third kappa shape index (κ3) is 6.14. The number of hydrogen-bond acceptors (Lipinski definition) is 5. The third-order valence-corrected chi connectivity index (χ3v) is 6.95. The first-order chi connectivity index (χ1) is 17.0. The summed E-state index contributed by atoms with van der Waals surface area (Å²) in [6.45, 7) is 5.13. The highest BCUT2D eigenvalue weighted by atomic mass is 35.5. The predicted molar refractivity (Wildman–Crippen MR) is 137 cm³/mol. The van der Waals surface area contributed by atoms with Gasteiger partial charge in [0.05, 0.1) is 24.1 Å². The van der Waals surface area contributed by atoms with Crippen LogP contribution < -0.4 is 5.56 Å². The van der Waals surface area contributed by atoms with Crippen LogP contribution in [0.2, 0.25) is 5.02 Å². The van der Waals surface area contributed by atoms with Crippen LogP contribution in [0.5, 0.6) is 0 Å². The van der Waals surface area contributed by atoms with Crippen molar-refractivity contribution < 1.29 is 14.3 Å². The van der Waals surface area contributed by atoms with Crippen molar-refractivity contribution in [2.45, 2.75) is 77.4 Å². The van der Waals surface area contributed by atoms with Gasteiger partial charge in [-0.1, -0.05) is 43.5 Å². The van der Waals surface area contributed by atoms with Crippen molar-refractivity contribution >= 4 is 23.3 Å². The van der Waals surface area contributed by atoms with Gasteiger partial charge in [0.15, 0.2) is 0 Å². The van der Waals surface area contributed by atoms with E-state index in [4.69, 9.17) is 26.1 Å². The molecule has 2 heterocycles. The molecule has 1 saturated carbocycles. The number of fused-ring (bicyclic) bond motifs is 1. The molecule has 7 nitrogen and oxygen atoms in total. The first kappa shape index (κ1) is 25.5. The second-order valence-electron chi connectivity index (χ2n) is 9.16. The number of esters is 1. The molecule has 0 N–H and O–H groups in total. The van der Waals surface area contributed by atoms with Crippen LogP contribution in [-0.4, -0.2) is 39.2 Å². The number of halogens is 1. The molecule has 4 rings (SSSR count). The zero-order chi connectivity index (χ0) is 24.8. The minimum atomic E-state index is -0.318. The van der Waals surface area contributed by atoms with E-state index in [0.29, 0.717) is 17.4 Å². The van der Waals surface area contributed by atoms with Crippen LogP contribution in [0, 0.1) is 0 Å². The Kier molecular flexibility index (Phi) is 8.63. The lowest BCUT2D eigenvalue weighted by Crippen LogP contribution is -2.24. The monoisotopic (exact) mass is 499 g/mol. The van der Waals surface area contributed by atoms with Gasteiger partial charge >= 0.3 is 5.97 Å². The highest BCUT2D eigenvalue weighted by Crippen LogP contribution is 2.34. The topological polar surface area (TPSA) is 74.8 Å². The zero-order valence-corrected chi connectivity index (χ0v) is 21.3. The van der Waals surface area contributed by atoms with Gasteiger partial charge in [0.1, 0.15) is 6.61 Å². The molecule has 0 atom stereocenters. The number of nitrogens with zero attached hydrogens (tertiary/aromatic N) is 3. The predicted octanol–water partition coefficient (Wildman–Crippen LogP) is 5.61. The van der Waals surface area contributed by atoms with E-state index in [-0.39, 0.29) is 30.2 Å². The summed E-state index contributed by atoms with van der Waals surface area (Å²) >= 11 is 6.10. The largest absolute Gasteiger partial charge is 0.464 e. The molecule has 0 spiro atoms. The molecule has 1 aliphatic carbocycles. The van der Waals surface area contributed by atoms with E-state index in [1.165, 1.54) is 0 Å². The average Bonchev–Trinajstić information content (AvgIpc) is 3.31.